The van der Waals surface area contributed by atoms with Crippen molar-refractivity contribution in [3.63, 3.8) is 0 Å². The van der Waals surface area contributed by atoms with E-state index in [1.165, 1.54) is 0 Å². The molecule has 3 heteroatoms. The molecule has 1 aliphatic rings. The Morgan fingerprint density at radius 1 is 1.24 bits per heavy atom. The zero-order valence-electron chi connectivity index (χ0n) is 12.6. The average Bonchev–Trinajstić information content (AvgIpc) is 2.60. The fraction of sp³-hybridized carbons (Fsp3) is 0.444. The van der Waals surface area contributed by atoms with Gasteiger partial charge in [0.15, 0.2) is 0 Å². The van der Waals surface area contributed by atoms with E-state index in [9.17, 15) is 9.59 Å². The zero-order valence-corrected chi connectivity index (χ0v) is 12.6. The van der Waals surface area contributed by atoms with Gasteiger partial charge in [-0.2, -0.15) is 0 Å². The molecule has 1 N–H and O–H groups in total. The lowest BCUT2D eigenvalue weighted by molar-refractivity contribution is -0.135. The molecule has 1 atom stereocenters. The number of hydrogen-bond acceptors (Lipinski definition) is 2. The Bertz CT molecular complexity index is 521. The Morgan fingerprint density at radius 3 is 2.71 bits per heavy atom. The standard InChI is InChI=1S/C18H23NO2/c1-2-12-18(14-7-11-16(20)19-17(18)21)13-6-10-15-8-4-3-5-9-15/h3-6,8-10H,2,7,11-14H2,1H3,(H,19,20,21)/b10-6+. The largest absolute Gasteiger partial charge is 0.296 e. The molecule has 1 aliphatic heterocycles. The van der Waals surface area contributed by atoms with Gasteiger partial charge in [0.2, 0.25) is 11.8 Å². The molecule has 1 unspecified atom stereocenters. The van der Waals surface area contributed by atoms with Gasteiger partial charge in [0.05, 0.1) is 5.41 Å². The molecule has 3 nitrogen and oxygen atoms in total. The average molecular weight is 285 g/mol. The van der Waals surface area contributed by atoms with Gasteiger partial charge in [-0.3, -0.25) is 14.9 Å². The van der Waals surface area contributed by atoms with E-state index < -0.39 is 5.41 Å². The van der Waals surface area contributed by atoms with Crippen LogP contribution in [0.5, 0.6) is 0 Å². The summed E-state index contributed by atoms with van der Waals surface area (Å²) >= 11 is 0. The second-order valence-electron chi connectivity index (χ2n) is 5.78. The quantitative estimate of drug-likeness (QED) is 0.838. The number of carbonyl (C=O) groups is 2. The molecule has 1 aromatic rings. The van der Waals surface area contributed by atoms with Crippen LogP contribution in [0.4, 0.5) is 0 Å². The summed E-state index contributed by atoms with van der Waals surface area (Å²) < 4.78 is 0. The van der Waals surface area contributed by atoms with E-state index in [0.29, 0.717) is 12.8 Å². The topological polar surface area (TPSA) is 46.2 Å². The van der Waals surface area contributed by atoms with Crippen LogP contribution in [0.1, 0.15) is 51.0 Å². The monoisotopic (exact) mass is 285 g/mol. The highest BCUT2D eigenvalue weighted by molar-refractivity contribution is 5.99. The fourth-order valence-electron chi connectivity index (χ4n) is 3.02. The number of carbonyl (C=O) groups excluding carboxylic acids is 2. The third-order valence-electron chi connectivity index (χ3n) is 4.14. The van der Waals surface area contributed by atoms with E-state index in [1.807, 2.05) is 30.3 Å². The zero-order chi connectivity index (χ0) is 15.1. The second kappa shape index (κ2) is 7.21. The highest BCUT2D eigenvalue weighted by atomic mass is 16.2. The molecule has 0 bridgehead atoms. The van der Waals surface area contributed by atoms with Crippen LogP contribution in [0.15, 0.2) is 36.4 Å². The van der Waals surface area contributed by atoms with Crippen molar-refractivity contribution in [3.05, 3.63) is 42.0 Å². The summed E-state index contributed by atoms with van der Waals surface area (Å²) in [5.41, 5.74) is 0.709. The van der Waals surface area contributed by atoms with E-state index in [1.54, 1.807) is 0 Å². The number of rotatable bonds is 5. The Labute approximate surface area is 126 Å². The van der Waals surface area contributed by atoms with Crippen LogP contribution < -0.4 is 5.32 Å². The van der Waals surface area contributed by atoms with E-state index in [0.717, 1.165) is 31.2 Å². The van der Waals surface area contributed by atoms with Crippen molar-refractivity contribution < 1.29 is 9.59 Å². The van der Waals surface area contributed by atoms with Crippen LogP contribution in [0.25, 0.3) is 6.08 Å². The van der Waals surface area contributed by atoms with Crippen LogP contribution >= 0.6 is 0 Å². The van der Waals surface area contributed by atoms with Crippen molar-refractivity contribution in [1.82, 2.24) is 5.32 Å². The number of benzene rings is 1. The lowest BCUT2D eigenvalue weighted by atomic mass is 9.75. The molecule has 0 saturated carbocycles. The molecule has 1 heterocycles. The number of hydrogen-bond donors (Lipinski definition) is 1. The number of amides is 2. The molecular weight excluding hydrogens is 262 g/mol. The summed E-state index contributed by atoms with van der Waals surface area (Å²) in [7, 11) is 0. The minimum absolute atomic E-state index is 0.0930. The maximum absolute atomic E-state index is 12.4. The summed E-state index contributed by atoms with van der Waals surface area (Å²) in [6, 6.07) is 10.1. The molecule has 0 aliphatic carbocycles. The van der Waals surface area contributed by atoms with Gasteiger partial charge >= 0.3 is 0 Å². The molecule has 0 aromatic heterocycles. The maximum atomic E-state index is 12.4. The SMILES string of the molecule is CCCC1(C/C=C/c2ccccc2)CCCC(=O)NC1=O. The minimum atomic E-state index is -0.424. The first-order valence-corrected chi connectivity index (χ1v) is 7.72. The number of nitrogens with one attached hydrogen (secondary N) is 1. The van der Waals surface area contributed by atoms with Crippen LogP contribution in [-0.4, -0.2) is 11.8 Å². The van der Waals surface area contributed by atoms with Gasteiger partial charge in [-0.1, -0.05) is 55.8 Å². The normalized spacial score (nSPS) is 23.1. The predicted molar refractivity (Wildman–Crippen MR) is 84.4 cm³/mol. The molecule has 0 spiro atoms. The molecular formula is C18H23NO2. The first kappa shape index (κ1) is 15.5. The van der Waals surface area contributed by atoms with Gasteiger partial charge in [0.1, 0.15) is 0 Å². The van der Waals surface area contributed by atoms with Crippen molar-refractivity contribution in [3.8, 4) is 0 Å². The summed E-state index contributed by atoms with van der Waals surface area (Å²) in [5, 5.41) is 2.55. The van der Waals surface area contributed by atoms with Crippen molar-refractivity contribution in [2.24, 2.45) is 5.41 Å². The van der Waals surface area contributed by atoms with Crippen molar-refractivity contribution in [2.75, 3.05) is 0 Å². The lowest BCUT2D eigenvalue weighted by Crippen LogP contribution is -2.41. The number of imide groups is 1. The van der Waals surface area contributed by atoms with Crippen molar-refractivity contribution >= 4 is 17.9 Å². The molecule has 1 aromatic carbocycles. The first-order chi connectivity index (χ1) is 10.2. The van der Waals surface area contributed by atoms with Gasteiger partial charge in [0.25, 0.3) is 0 Å². The van der Waals surface area contributed by atoms with Crippen LogP contribution in [0, 0.1) is 5.41 Å². The van der Waals surface area contributed by atoms with Crippen LogP contribution in [0.2, 0.25) is 0 Å². The summed E-state index contributed by atoms with van der Waals surface area (Å²) in [5.74, 6) is -0.227. The van der Waals surface area contributed by atoms with Crippen molar-refractivity contribution in [1.29, 1.82) is 0 Å². The molecule has 21 heavy (non-hydrogen) atoms. The fourth-order valence-corrected chi connectivity index (χ4v) is 3.02. The number of allylic oxidation sites excluding steroid dienone is 1. The third-order valence-corrected chi connectivity index (χ3v) is 4.14. The van der Waals surface area contributed by atoms with Gasteiger partial charge in [-0.05, 0) is 31.2 Å². The predicted octanol–water partition coefficient (Wildman–Crippen LogP) is 3.70. The Kier molecular flexibility index (Phi) is 5.32. The molecule has 2 rings (SSSR count). The molecule has 2 amide bonds. The Hall–Kier alpha value is -1.90. The highest BCUT2D eigenvalue weighted by Gasteiger charge is 2.38. The summed E-state index contributed by atoms with van der Waals surface area (Å²) in [6.45, 7) is 2.09. The van der Waals surface area contributed by atoms with E-state index >= 15 is 0 Å². The van der Waals surface area contributed by atoms with Gasteiger partial charge in [-0.15, -0.1) is 0 Å². The maximum Gasteiger partial charge on any atom is 0.233 e. The first-order valence-electron chi connectivity index (χ1n) is 7.72. The molecule has 112 valence electrons. The molecule has 1 saturated heterocycles. The van der Waals surface area contributed by atoms with Gasteiger partial charge in [-0.25, -0.2) is 0 Å². The summed E-state index contributed by atoms with van der Waals surface area (Å²) in [4.78, 5) is 23.9. The molecule has 1 fully saturated rings. The van der Waals surface area contributed by atoms with E-state index in [4.69, 9.17) is 0 Å². The van der Waals surface area contributed by atoms with Gasteiger partial charge in [0, 0.05) is 6.42 Å². The van der Waals surface area contributed by atoms with Crippen LogP contribution in [-0.2, 0) is 9.59 Å². The van der Waals surface area contributed by atoms with E-state index in [2.05, 4.69) is 24.4 Å². The lowest BCUT2D eigenvalue weighted by Gasteiger charge is -2.29. The van der Waals surface area contributed by atoms with Crippen LogP contribution in [0.3, 0.4) is 0 Å². The second-order valence-corrected chi connectivity index (χ2v) is 5.78. The Balaban J connectivity index is 2.12. The Morgan fingerprint density at radius 2 is 2.00 bits per heavy atom. The van der Waals surface area contributed by atoms with E-state index in [-0.39, 0.29) is 11.8 Å². The third kappa shape index (κ3) is 4.03. The van der Waals surface area contributed by atoms with Gasteiger partial charge < -0.3 is 0 Å². The molecule has 0 radical (unpaired) electrons. The summed E-state index contributed by atoms with van der Waals surface area (Å²) in [6.07, 6.45) is 8.62. The smallest absolute Gasteiger partial charge is 0.233 e. The highest BCUT2D eigenvalue weighted by Crippen LogP contribution is 2.36. The minimum Gasteiger partial charge on any atom is -0.296 e. The van der Waals surface area contributed by atoms with Crippen molar-refractivity contribution in [2.45, 2.75) is 45.4 Å².